The molecule has 1 aliphatic heterocycles. The van der Waals surface area contributed by atoms with Gasteiger partial charge in [-0.05, 0) is 50.0 Å². The van der Waals surface area contributed by atoms with E-state index in [0.29, 0.717) is 38.5 Å². The average molecular weight is 360 g/mol. The second kappa shape index (κ2) is 4.41. The molecule has 5 aliphatic rings. The Morgan fingerprint density at radius 2 is 2.08 bits per heavy atom. The lowest BCUT2D eigenvalue weighted by atomic mass is 9.59. The van der Waals surface area contributed by atoms with Crippen molar-refractivity contribution in [2.24, 2.45) is 28.6 Å². The molecule has 1 N–H and O–H groups in total. The minimum atomic E-state index is -1.30. The van der Waals surface area contributed by atoms with E-state index in [-0.39, 0.29) is 11.7 Å². The third-order valence-electron chi connectivity index (χ3n) is 8.54. The van der Waals surface area contributed by atoms with Crippen LogP contribution in [0.3, 0.4) is 0 Å². The zero-order valence-electron chi connectivity index (χ0n) is 15.2. The molecule has 4 aliphatic carbocycles. The van der Waals surface area contributed by atoms with Crippen molar-refractivity contribution in [3.63, 3.8) is 0 Å². The summed E-state index contributed by atoms with van der Waals surface area (Å²) in [5, 5.41) is 11.0. The number of hydrogen-bond acceptors (Lipinski definition) is 6. The first-order valence-corrected chi connectivity index (χ1v) is 9.41. The average Bonchev–Trinajstić information content (AvgIpc) is 3.02. The highest BCUT2D eigenvalue weighted by Crippen LogP contribution is 2.78. The summed E-state index contributed by atoms with van der Waals surface area (Å²) in [4.78, 5) is 38.6. The quantitative estimate of drug-likeness (QED) is 0.433. The molecule has 0 unspecified atom stereocenters. The molecule has 1 saturated heterocycles. The smallest absolute Gasteiger partial charge is 0.320 e. The first-order chi connectivity index (χ1) is 12.2. The summed E-state index contributed by atoms with van der Waals surface area (Å²) >= 11 is 0. The number of carbonyl (C=O) groups is 3. The van der Waals surface area contributed by atoms with E-state index in [4.69, 9.17) is 9.47 Å². The van der Waals surface area contributed by atoms with Crippen LogP contribution in [0.2, 0.25) is 0 Å². The standard InChI is InChI=1S/C20H24O6/c1-10-8-18-9-19(10,24)6-4-11(18)20-7-5-12(21)17(2,16(23)26-20)14(20)13(18)15(22)25-3/h11,13-14,24H,1,4-9H2,2-3H3/t11-,13-,14-,17-,18+,19+,20-/m1/s1. The summed E-state index contributed by atoms with van der Waals surface area (Å²) in [6.45, 7) is 5.73. The zero-order chi connectivity index (χ0) is 18.7. The van der Waals surface area contributed by atoms with Gasteiger partial charge in [0.05, 0.1) is 18.6 Å². The fraction of sp³-hybridized carbons (Fsp3) is 0.750. The highest BCUT2D eigenvalue weighted by atomic mass is 16.6. The van der Waals surface area contributed by atoms with Gasteiger partial charge < -0.3 is 14.6 Å². The predicted octanol–water partition coefficient (Wildman–Crippen LogP) is 1.55. The van der Waals surface area contributed by atoms with Gasteiger partial charge in [-0.2, -0.15) is 0 Å². The SMILES string of the molecule is C=C1C[C@]23C[C@@]1(O)CC[C@H]2[C@@]12CCC(=O)[C@@](C)(C(=O)O1)[C@H]2[C@@H]3C(=O)OC. The van der Waals surface area contributed by atoms with Gasteiger partial charge in [-0.15, -0.1) is 0 Å². The van der Waals surface area contributed by atoms with Gasteiger partial charge in [-0.25, -0.2) is 0 Å². The summed E-state index contributed by atoms with van der Waals surface area (Å²) in [5.41, 5.74) is -2.87. The summed E-state index contributed by atoms with van der Waals surface area (Å²) in [6, 6.07) is 0. The lowest BCUT2D eigenvalue weighted by molar-refractivity contribution is -0.163. The minimum Gasteiger partial charge on any atom is -0.469 e. The second-order valence-corrected chi connectivity index (χ2v) is 9.26. The highest BCUT2D eigenvalue weighted by Gasteiger charge is 2.84. The van der Waals surface area contributed by atoms with Gasteiger partial charge in [-0.1, -0.05) is 6.58 Å². The molecule has 140 valence electrons. The van der Waals surface area contributed by atoms with E-state index in [1.807, 2.05) is 0 Å². The number of ketones is 1. The Morgan fingerprint density at radius 3 is 2.77 bits per heavy atom. The molecule has 0 aromatic rings. The Labute approximate surface area is 151 Å². The van der Waals surface area contributed by atoms with Crippen molar-refractivity contribution in [3.05, 3.63) is 12.2 Å². The van der Waals surface area contributed by atoms with Crippen LogP contribution >= 0.6 is 0 Å². The maximum absolute atomic E-state index is 13.0. The third-order valence-corrected chi connectivity index (χ3v) is 8.54. The van der Waals surface area contributed by atoms with Gasteiger partial charge >= 0.3 is 11.9 Å². The Balaban J connectivity index is 1.77. The number of aliphatic hydroxyl groups is 1. The van der Waals surface area contributed by atoms with Gasteiger partial charge in [0, 0.05) is 18.3 Å². The molecule has 0 amide bonds. The van der Waals surface area contributed by atoms with Crippen LogP contribution in [0, 0.1) is 28.6 Å². The molecular weight excluding hydrogens is 336 g/mol. The predicted molar refractivity (Wildman–Crippen MR) is 88.6 cm³/mol. The number of methoxy groups -OCH3 is 1. The van der Waals surface area contributed by atoms with E-state index in [1.165, 1.54) is 7.11 Å². The van der Waals surface area contributed by atoms with Crippen molar-refractivity contribution < 1.29 is 29.0 Å². The first-order valence-electron chi connectivity index (χ1n) is 9.41. The molecule has 6 heteroatoms. The van der Waals surface area contributed by atoms with E-state index < -0.39 is 45.8 Å². The summed E-state index contributed by atoms with van der Waals surface area (Å²) < 4.78 is 11.2. The lowest BCUT2D eigenvalue weighted by Gasteiger charge is -2.45. The van der Waals surface area contributed by atoms with E-state index in [0.717, 1.165) is 5.57 Å². The van der Waals surface area contributed by atoms with Crippen LogP contribution in [0.1, 0.15) is 45.4 Å². The van der Waals surface area contributed by atoms with Crippen LogP contribution in [-0.2, 0) is 23.9 Å². The molecule has 0 aromatic heterocycles. The molecule has 4 bridgehead atoms. The molecule has 26 heavy (non-hydrogen) atoms. The van der Waals surface area contributed by atoms with E-state index >= 15 is 0 Å². The second-order valence-electron chi connectivity index (χ2n) is 9.26. The van der Waals surface area contributed by atoms with Crippen LogP contribution in [0.5, 0.6) is 0 Å². The minimum absolute atomic E-state index is 0.0532. The van der Waals surface area contributed by atoms with E-state index in [1.54, 1.807) is 6.92 Å². The maximum atomic E-state index is 13.0. The Kier molecular flexibility index (Phi) is 2.79. The number of esters is 2. The summed E-state index contributed by atoms with van der Waals surface area (Å²) in [5.74, 6) is -2.25. The normalized spacial score (nSPS) is 54.0. The molecule has 1 spiro atoms. The van der Waals surface area contributed by atoms with Crippen LogP contribution in [0.25, 0.3) is 0 Å². The molecule has 5 rings (SSSR count). The van der Waals surface area contributed by atoms with Gasteiger partial charge in [0.1, 0.15) is 11.0 Å². The Hall–Kier alpha value is -1.69. The van der Waals surface area contributed by atoms with Crippen LogP contribution in [0.15, 0.2) is 12.2 Å². The third kappa shape index (κ3) is 1.43. The number of ether oxygens (including phenoxy) is 2. The van der Waals surface area contributed by atoms with Crippen molar-refractivity contribution in [2.45, 2.75) is 56.7 Å². The summed E-state index contributed by atoms with van der Waals surface area (Å²) in [7, 11) is 1.34. The van der Waals surface area contributed by atoms with Crippen LogP contribution in [0.4, 0.5) is 0 Å². The topological polar surface area (TPSA) is 89.9 Å². The van der Waals surface area contributed by atoms with Gasteiger partial charge in [0.25, 0.3) is 0 Å². The summed E-state index contributed by atoms with van der Waals surface area (Å²) in [6.07, 6.45) is 2.93. The molecule has 6 nitrogen and oxygen atoms in total. The number of Topliss-reactive ketones (excluding diaryl/α,β-unsaturated/α-hetero) is 1. The van der Waals surface area contributed by atoms with Crippen LogP contribution in [-0.4, -0.2) is 41.1 Å². The van der Waals surface area contributed by atoms with Crippen molar-refractivity contribution in [3.8, 4) is 0 Å². The molecule has 4 saturated carbocycles. The molecule has 0 radical (unpaired) electrons. The zero-order valence-corrected chi connectivity index (χ0v) is 15.2. The number of carbonyl (C=O) groups excluding carboxylic acids is 3. The first kappa shape index (κ1) is 16.5. The number of fused-ring (bicyclic) bond motifs is 1. The Morgan fingerprint density at radius 1 is 1.35 bits per heavy atom. The fourth-order valence-electron chi connectivity index (χ4n) is 7.57. The number of rotatable bonds is 1. The monoisotopic (exact) mass is 360 g/mol. The molecule has 1 heterocycles. The van der Waals surface area contributed by atoms with Gasteiger partial charge in [0.2, 0.25) is 0 Å². The Bertz CT molecular complexity index is 787. The van der Waals surface area contributed by atoms with Crippen molar-refractivity contribution in [1.82, 2.24) is 0 Å². The van der Waals surface area contributed by atoms with E-state index in [2.05, 4.69) is 6.58 Å². The maximum Gasteiger partial charge on any atom is 0.320 e. The molecule has 0 aromatic carbocycles. The van der Waals surface area contributed by atoms with E-state index in [9.17, 15) is 19.5 Å². The highest BCUT2D eigenvalue weighted by molar-refractivity contribution is 6.07. The molecule has 7 atom stereocenters. The molecular formula is C20H24O6. The van der Waals surface area contributed by atoms with Gasteiger partial charge in [0.15, 0.2) is 5.78 Å². The van der Waals surface area contributed by atoms with Crippen molar-refractivity contribution in [1.29, 1.82) is 0 Å². The van der Waals surface area contributed by atoms with Crippen molar-refractivity contribution >= 4 is 17.7 Å². The van der Waals surface area contributed by atoms with Gasteiger partial charge in [-0.3, -0.25) is 14.4 Å². The largest absolute Gasteiger partial charge is 0.469 e. The molecule has 5 fully saturated rings. The number of hydrogen-bond donors (Lipinski definition) is 1. The fourth-order valence-corrected chi connectivity index (χ4v) is 7.57. The lowest BCUT2D eigenvalue weighted by Crippen LogP contribution is -2.51. The van der Waals surface area contributed by atoms with Crippen LogP contribution < -0.4 is 0 Å². The van der Waals surface area contributed by atoms with Crippen molar-refractivity contribution in [2.75, 3.05) is 7.11 Å².